The van der Waals surface area contributed by atoms with Crippen molar-refractivity contribution in [1.29, 1.82) is 0 Å². The highest BCUT2D eigenvalue weighted by molar-refractivity contribution is 7.00. The van der Waals surface area contributed by atoms with Crippen LogP contribution in [-0.2, 0) is 11.3 Å². The Kier molecular flexibility index (Phi) is 7.30. The molecule has 1 saturated carbocycles. The quantitative estimate of drug-likeness (QED) is 0.183. The molecule has 6 rings (SSSR count). The van der Waals surface area contributed by atoms with Crippen LogP contribution < -0.4 is 14.2 Å². The van der Waals surface area contributed by atoms with Crippen molar-refractivity contribution in [3.63, 3.8) is 0 Å². The van der Waals surface area contributed by atoms with Crippen LogP contribution in [0, 0.1) is 0 Å². The summed E-state index contributed by atoms with van der Waals surface area (Å²) in [5.74, 6) is 1.69. The summed E-state index contributed by atoms with van der Waals surface area (Å²) in [6.45, 7) is 2.53. The molecule has 206 valence electrons. The number of ether oxygens (including phenoxy) is 4. The molecule has 5 aromatic rings. The molecular weight excluding hydrogens is 526 g/mol. The number of fused-ring (bicyclic) bond motifs is 2. The lowest BCUT2D eigenvalue weighted by Gasteiger charge is -2.17. The molecule has 0 spiro atoms. The summed E-state index contributed by atoms with van der Waals surface area (Å²) in [5, 5.41) is 0.870. The number of hydrogen-bond donors (Lipinski definition) is 0. The molecule has 0 saturated heterocycles. The van der Waals surface area contributed by atoms with Crippen LogP contribution in [0.3, 0.4) is 0 Å². The van der Waals surface area contributed by atoms with Crippen LogP contribution in [-0.4, -0.2) is 46.2 Å². The lowest BCUT2D eigenvalue weighted by atomic mass is 10.0. The highest BCUT2D eigenvalue weighted by Crippen LogP contribution is 2.43. The van der Waals surface area contributed by atoms with Gasteiger partial charge in [-0.3, -0.25) is 0 Å². The Balaban J connectivity index is 1.61. The van der Waals surface area contributed by atoms with Gasteiger partial charge in [0.25, 0.3) is 0 Å². The molecule has 1 aliphatic rings. The lowest BCUT2D eigenvalue weighted by Crippen LogP contribution is -2.14. The van der Waals surface area contributed by atoms with Crippen molar-refractivity contribution in [2.24, 2.45) is 0 Å². The molecule has 2 heterocycles. The molecule has 2 aromatic heterocycles. The zero-order chi connectivity index (χ0) is 27.6. The molecule has 0 unspecified atom stereocenters. The Labute approximate surface area is 236 Å². The minimum Gasteiger partial charge on any atom is -0.497 e. The first-order valence-corrected chi connectivity index (χ1v) is 14.3. The van der Waals surface area contributed by atoms with Crippen LogP contribution in [0.2, 0.25) is 0 Å². The summed E-state index contributed by atoms with van der Waals surface area (Å²) in [6.07, 6.45) is 4.52. The van der Waals surface area contributed by atoms with E-state index < -0.39 is 5.97 Å². The second-order valence-electron chi connectivity index (χ2n) is 9.89. The Morgan fingerprint density at radius 2 is 1.73 bits per heavy atom. The van der Waals surface area contributed by atoms with Crippen LogP contribution >= 0.6 is 11.7 Å². The van der Waals surface area contributed by atoms with Gasteiger partial charge in [0.2, 0.25) is 0 Å². The number of nitrogens with zero attached hydrogens (tertiary/aromatic N) is 3. The molecule has 0 amide bonds. The van der Waals surface area contributed by atoms with Crippen LogP contribution in [0.25, 0.3) is 33.1 Å². The number of hydrogen-bond acceptors (Lipinski definition) is 8. The third-order valence-electron chi connectivity index (χ3n) is 7.46. The predicted molar refractivity (Wildman–Crippen MR) is 156 cm³/mol. The van der Waals surface area contributed by atoms with Gasteiger partial charge in [-0.15, -0.1) is 0 Å². The molecule has 40 heavy (non-hydrogen) atoms. The number of carbonyl (C=O) groups excluding carboxylic acids is 1. The van der Waals surface area contributed by atoms with Crippen molar-refractivity contribution in [3.05, 3.63) is 65.9 Å². The summed E-state index contributed by atoms with van der Waals surface area (Å²) in [5.41, 5.74) is 5.56. The van der Waals surface area contributed by atoms with Crippen LogP contribution in [0.5, 0.6) is 17.2 Å². The van der Waals surface area contributed by atoms with Gasteiger partial charge in [0.1, 0.15) is 22.5 Å². The first-order chi connectivity index (χ1) is 19.6. The molecule has 0 bridgehead atoms. The second kappa shape index (κ2) is 11.2. The molecule has 0 N–H and O–H groups in total. The van der Waals surface area contributed by atoms with E-state index in [1.165, 1.54) is 11.7 Å². The molecule has 1 fully saturated rings. The zero-order valence-electron chi connectivity index (χ0n) is 22.8. The maximum atomic E-state index is 13.7. The fourth-order valence-corrected chi connectivity index (χ4v) is 6.03. The van der Waals surface area contributed by atoms with Gasteiger partial charge < -0.3 is 23.5 Å². The average molecular weight is 558 g/mol. The maximum Gasteiger partial charge on any atom is 0.355 e. The summed E-state index contributed by atoms with van der Waals surface area (Å²) in [4.78, 5) is 13.7. The van der Waals surface area contributed by atoms with Crippen molar-refractivity contribution < 1.29 is 23.7 Å². The highest BCUT2D eigenvalue weighted by atomic mass is 32.1. The smallest absolute Gasteiger partial charge is 0.355 e. The molecule has 0 radical (unpaired) electrons. The van der Waals surface area contributed by atoms with E-state index >= 15 is 0 Å². The van der Waals surface area contributed by atoms with Gasteiger partial charge in [-0.2, -0.15) is 8.75 Å². The number of benzene rings is 3. The van der Waals surface area contributed by atoms with Crippen molar-refractivity contribution in [3.8, 4) is 28.4 Å². The lowest BCUT2D eigenvalue weighted by molar-refractivity contribution is 0.0516. The maximum absolute atomic E-state index is 13.7. The molecule has 1 aliphatic carbocycles. The summed E-state index contributed by atoms with van der Waals surface area (Å²) >= 11 is 1.17. The first kappa shape index (κ1) is 26.1. The standard InChI is InChI=1S/C31H31N3O5S/c1-4-38-31(35)30-29(20-11-14-24-25(15-20)33-40-32-24)23-16-27(37-3)28(39-22-7-5-6-8-22)17-26(23)34(30)18-19-9-12-21(36-2)13-10-19/h9-17,22H,4-8,18H2,1-3H3. The van der Waals surface area contributed by atoms with Crippen molar-refractivity contribution >= 4 is 39.6 Å². The fourth-order valence-electron chi connectivity index (χ4n) is 5.51. The summed E-state index contributed by atoms with van der Waals surface area (Å²) in [7, 11) is 3.30. The first-order valence-electron chi connectivity index (χ1n) is 13.5. The van der Waals surface area contributed by atoms with Gasteiger partial charge in [-0.05, 0) is 74.1 Å². The van der Waals surface area contributed by atoms with E-state index in [1.54, 1.807) is 14.2 Å². The van der Waals surface area contributed by atoms with Gasteiger partial charge >= 0.3 is 5.97 Å². The van der Waals surface area contributed by atoms with E-state index in [4.69, 9.17) is 18.9 Å². The van der Waals surface area contributed by atoms with Gasteiger partial charge in [0, 0.05) is 23.6 Å². The topological polar surface area (TPSA) is 84.7 Å². The van der Waals surface area contributed by atoms with E-state index in [2.05, 4.69) is 8.75 Å². The summed E-state index contributed by atoms with van der Waals surface area (Å²) < 4.78 is 34.1. The minimum absolute atomic E-state index is 0.153. The van der Waals surface area contributed by atoms with E-state index in [0.717, 1.165) is 70.1 Å². The molecular formula is C31H31N3O5S. The number of carbonyl (C=O) groups is 1. The largest absolute Gasteiger partial charge is 0.497 e. The van der Waals surface area contributed by atoms with E-state index in [0.29, 0.717) is 23.7 Å². The molecule has 8 nitrogen and oxygen atoms in total. The number of aromatic nitrogens is 3. The molecule has 3 aromatic carbocycles. The average Bonchev–Trinajstić information content (AvgIpc) is 3.72. The van der Waals surface area contributed by atoms with E-state index in [9.17, 15) is 4.79 Å². The van der Waals surface area contributed by atoms with Crippen LogP contribution in [0.1, 0.15) is 48.7 Å². The van der Waals surface area contributed by atoms with Gasteiger partial charge in [0.05, 0.1) is 44.2 Å². The zero-order valence-corrected chi connectivity index (χ0v) is 23.6. The van der Waals surface area contributed by atoms with Gasteiger partial charge in [-0.25, -0.2) is 4.79 Å². The number of esters is 1. The molecule has 9 heteroatoms. The Bertz CT molecular complexity index is 1670. The molecule has 0 atom stereocenters. The normalized spacial score (nSPS) is 13.7. The third-order valence-corrected chi connectivity index (χ3v) is 8.01. The predicted octanol–water partition coefficient (Wildman–Crippen LogP) is 6.88. The molecule has 0 aliphatic heterocycles. The Morgan fingerprint density at radius 1 is 0.950 bits per heavy atom. The van der Waals surface area contributed by atoms with Crippen molar-refractivity contribution in [2.45, 2.75) is 45.3 Å². The fraction of sp³-hybridized carbons (Fsp3) is 0.323. The second-order valence-corrected chi connectivity index (χ2v) is 10.4. The SMILES string of the molecule is CCOC(=O)c1c(-c2ccc3nsnc3c2)c2cc(OC)c(OC3CCCC3)cc2n1Cc1ccc(OC)cc1. The minimum atomic E-state index is -0.393. The monoisotopic (exact) mass is 557 g/mol. The Morgan fingerprint density at radius 3 is 2.45 bits per heavy atom. The Hall–Kier alpha value is -4.11. The highest BCUT2D eigenvalue weighted by Gasteiger charge is 2.28. The number of rotatable bonds is 9. The van der Waals surface area contributed by atoms with E-state index in [-0.39, 0.29) is 12.7 Å². The van der Waals surface area contributed by atoms with Gasteiger partial charge in [-0.1, -0.05) is 18.2 Å². The van der Waals surface area contributed by atoms with Crippen LogP contribution in [0.15, 0.2) is 54.6 Å². The van der Waals surface area contributed by atoms with Crippen molar-refractivity contribution in [1.82, 2.24) is 13.3 Å². The third kappa shape index (κ3) is 4.86. The van der Waals surface area contributed by atoms with Crippen LogP contribution in [0.4, 0.5) is 0 Å². The van der Waals surface area contributed by atoms with E-state index in [1.807, 2.05) is 66.1 Å². The van der Waals surface area contributed by atoms with Gasteiger partial charge in [0.15, 0.2) is 11.5 Å². The summed E-state index contributed by atoms with van der Waals surface area (Å²) in [6, 6.07) is 17.7. The number of methoxy groups -OCH3 is 2. The van der Waals surface area contributed by atoms with Crippen molar-refractivity contribution in [2.75, 3.05) is 20.8 Å².